The van der Waals surface area contributed by atoms with Gasteiger partial charge in [-0.3, -0.25) is 9.59 Å². The molecule has 0 aliphatic heterocycles. The third kappa shape index (κ3) is 6.31. The van der Waals surface area contributed by atoms with Crippen LogP contribution >= 0.6 is 34.4 Å². The number of thioether (sulfide) groups is 1. The van der Waals surface area contributed by atoms with Crippen molar-refractivity contribution in [1.82, 2.24) is 4.57 Å². The van der Waals surface area contributed by atoms with Crippen LogP contribution in [0.1, 0.15) is 41.1 Å². The average Bonchev–Trinajstić information content (AvgIpc) is 3.40. The molecule has 2 aromatic heterocycles. The first-order chi connectivity index (χ1) is 18.3. The van der Waals surface area contributed by atoms with Crippen LogP contribution in [0.2, 0.25) is 0 Å². The third-order valence-corrected chi connectivity index (χ3v) is 9.19. The molecule has 8 nitrogen and oxygen atoms in total. The van der Waals surface area contributed by atoms with Crippen molar-refractivity contribution < 1.29 is 23.9 Å². The van der Waals surface area contributed by atoms with E-state index in [0.29, 0.717) is 27.0 Å². The van der Waals surface area contributed by atoms with Crippen molar-refractivity contribution in [2.24, 2.45) is 10.9 Å². The van der Waals surface area contributed by atoms with E-state index in [1.807, 2.05) is 22.8 Å². The lowest BCUT2D eigenvalue weighted by atomic mass is 9.88. The summed E-state index contributed by atoms with van der Waals surface area (Å²) >= 11 is 3.97. The van der Waals surface area contributed by atoms with Gasteiger partial charge in [0.15, 0.2) is 4.80 Å². The lowest BCUT2D eigenvalue weighted by molar-refractivity contribution is -0.115. The minimum atomic E-state index is -0.405. The van der Waals surface area contributed by atoms with Crippen LogP contribution in [-0.4, -0.2) is 47.6 Å². The molecule has 0 fully saturated rings. The summed E-state index contributed by atoms with van der Waals surface area (Å²) in [5.41, 5.74) is 2.34. The maximum absolute atomic E-state index is 12.7. The van der Waals surface area contributed by atoms with Crippen molar-refractivity contribution >= 4 is 67.4 Å². The summed E-state index contributed by atoms with van der Waals surface area (Å²) in [6, 6.07) is 5.60. The lowest BCUT2D eigenvalue weighted by Crippen LogP contribution is -2.19. The Morgan fingerprint density at radius 2 is 2.11 bits per heavy atom. The number of ether oxygens (including phenoxy) is 2. The van der Waals surface area contributed by atoms with Gasteiger partial charge in [-0.15, -0.1) is 29.5 Å². The van der Waals surface area contributed by atoms with Crippen molar-refractivity contribution in [2.45, 2.75) is 39.7 Å². The molecule has 4 rings (SSSR count). The average molecular weight is 572 g/mol. The molecule has 1 aromatic carbocycles. The maximum atomic E-state index is 12.7. The highest BCUT2D eigenvalue weighted by Gasteiger charge is 2.29. The number of methoxy groups -OCH3 is 1. The van der Waals surface area contributed by atoms with Crippen LogP contribution in [0.4, 0.5) is 5.00 Å². The van der Waals surface area contributed by atoms with Gasteiger partial charge in [0.1, 0.15) is 10.8 Å². The number of fused-ring (bicyclic) bond motifs is 2. The van der Waals surface area contributed by atoms with Crippen LogP contribution in [-0.2, 0) is 33.7 Å². The van der Waals surface area contributed by atoms with Crippen LogP contribution < -0.4 is 14.9 Å². The van der Waals surface area contributed by atoms with Crippen molar-refractivity contribution in [1.29, 1.82) is 0 Å². The molecule has 0 bridgehead atoms. The highest BCUT2D eigenvalue weighted by atomic mass is 32.2. The first-order valence-electron chi connectivity index (χ1n) is 12.2. The van der Waals surface area contributed by atoms with Crippen molar-refractivity contribution in [2.75, 3.05) is 30.5 Å². The Kier molecular flexibility index (Phi) is 9.31. The zero-order valence-corrected chi connectivity index (χ0v) is 23.9. The van der Waals surface area contributed by atoms with Crippen LogP contribution in [0.5, 0.6) is 5.75 Å². The number of esters is 1. The van der Waals surface area contributed by atoms with Crippen molar-refractivity contribution in [3.8, 4) is 18.1 Å². The summed E-state index contributed by atoms with van der Waals surface area (Å²) in [6.45, 7) is 4.50. The Balaban J connectivity index is 1.42. The van der Waals surface area contributed by atoms with Gasteiger partial charge in [-0.25, -0.2) is 4.79 Å². The van der Waals surface area contributed by atoms with Crippen LogP contribution in [0.3, 0.4) is 0 Å². The van der Waals surface area contributed by atoms with Gasteiger partial charge in [0.05, 0.1) is 47.5 Å². The summed E-state index contributed by atoms with van der Waals surface area (Å²) in [6.07, 6.45) is 8.22. The number of thiazole rings is 1. The van der Waals surface area contributed by atoms with E-state index in [-0.39, 0.29) is 36.5 Å². The van der Waals surface area contributed by atoms with Crippen LogP contribution in [0, 0.1) is 18.3 Å². The molecule has 1 atom stereocenters. The summed E-state index contributed by atoms with van der Waals surface area (Å²) < 4.78 is 13.3. The monoisotopic (exact) mass is 571 g/mol. The molecule has 2 heterocycles. The number of carbonyl (C=O) groups is 3. The highest BCUT2D eigenvalue weighted by molar-refractivity contribution is 8.00. The van der Waals surface area contributed by atoms with Gasteiger partial charge in [-0.05, 0) is 55.9 Å². The zero-order valence-electron chi connectivity index (χ0n) is 21.5. The van der Waals surface area contributed by atoms with Gasteiger partial charge < -0.3 is 19.4 Å². The zero-order chi connectivity index (χ0) is 27.2. The first kappa shape index (κ1) is 28.0. The molecule has 0 saturated heterocycles. The molecule has 0 radical (unpaired) electrons. The SMILES string of the molecule is C#CCn1c(=NC(=O)CSCC(=O)Nc2sc3c(c2C(=O)OCC)CCC(C)C3)sc2cc(OC)ccc21. The van der Waals surface area contributed by atoms with E-state index >= 15 is 0 Å². The van der Waals surface area contributed by atoms with Gasteiger partial charge in [0.2, 0.25) is 5.91 Å². The highest BCUT2D eigenvalue weighted by Crippen LogP contribution is 2.40. The topological polar surface area (TPSA) is 99.0 Å². The summed E-state index contributed by atoms with van der Waals surface area (Å²) in [5, 5.41) is 3.41. The largest absolute Gasteiger partial charge is 0.497 e. The number of nitrogens with zero attached hydrogens (tertiary/aromatic N) is 2. The molecular formula is C27H29N3O5S3. The van der Waals surface area contributed by atoms with E-state index in [1.54, 1.807) is 14.0 Å². The lowest BCUT2D eigenvalue weighted by Gasteiger charge is -2.18. The van der Waals surface area contributed by atoms with E-state index in [2.05, 4.69) is 23.2 Å². The number of thiophene rings is 1. The fourth-order valence-electron chi connectivity index (χ4n) is 4.30. The third-order valence-electron chi connectivity index (χ3n) is 6.06. The molecule has 1 N–H and O–H groups in total. The molecule has 1 aliphatic carbocycles. The fraction of sp³-hybridized carbons (Fsp3) is 0.407. The molecule has 38 heavy (non-hydrogen) atoms. The number of rotatable bonds is 9. The molecule has 3 aromatic rings. The Hall–Kier alpha value is -3.07. The first-order valence-corrected chi connectivity index (χ1v) is 15.0. The number of terminal acetylenes is 1. The number of aromatic nitrogens is 1. The molecular weight excluding hydrogens is 543 g/mol. The van der Waals surface area contributed by atoms with E-state index < -0.39 is 5.97 Å². The smallest absolute Gasteiger partial charge is 0.341 e. The van der Waals surface area contributed by atoms with Gasteiger partial charge in [0.25, 0.3) is 5.91 Å². The van der Waals surface area contributed by atoms with Crippen LogP contribution in [0.25, 0.3) is 10.2 Å². The number of benzene rings is 1. The second-order valence-electron chi connectivity index (χ2n) is 8.83. The minimum Gasteiger partial charge on any atom is -0.497 e. The van der Waals surface area contributed by atoms with Crippen LogP contribution in [0.15, 0.2) is 23.2 Å². The minimum absolute atomic E-state index is 0.0320. The molecule has 0 spiro atoms. The van der Waals surface area contributed by atoms with Gasteiger partial charge in [-0.1, -0.05) is 24.2 Å². The summed E-state index contributed by atoms with van der Waals surface area (Å²) in [5.74, 6) is 2.88. The van der Waals surface area contributed by atoms with E-state index in [0.717, 1.165) is 39.9 Å². The Morgan fingerprint density at radius 3 is 2.84 bits per heavy atom. The van der Waals surface area contributed by atoms with E-state index in [1.165, 1.54) is 34.4 Å². The van der Waals surface area contributed by atoms with Gasteiger partial charge in [-0.2, -0.15) is 4.99 Å². The van der Waals surface area contributed by atoms with Crippen molar-refractivity contribution in [3.05, 3.63) is 39.0 Å². The predicted molar refractivity (Wildman–Crippen MR) is 153 cm³/mol. The predicted octanol–water partition coefficient (Wildman–Crippen LogP) is 4.51. The molecule has 0 saturated carbocycles. The Bertz CT molecular complexity index is 1480. The van der Waals surface area contributed by atoms with Gasteiger partial charge >= 0.3 is 5.97 Å². The fourth-order valence-corrected chi connectivity index (χ4v) is 7.39. The number of hydrogen-bond donors (Lipinski definition) is 1. The molecule has 1 aliphatic rings. The number of amides is 2. The Morgan fingerprint density at radius 1 is 1.29 bits per heavy atom. The number of carbonyl (C=O) groups excluding carboxylic acids is 3. The maximum Gasteiger partial charge on any atom is 0.341 e. The molecule has 1 unspecified atom stereocenters. The second-order valence-corrected chi connectivity index (χ2v) is 11.9. The van der Waals surface area contributed by atoms with Crippen molar-refractivity contribution in [3.63, 3.8) is 0 Å². The molecule has 11 heteroatoms. The normalized spacial score (nSPS) is 15.1. The standard InChI is InChI=1S/C27H29N3O5S3/c1-5-11-30-19-10-8-17(34-4)13-21(19)38-27(30)29-23(32)15-36-14-22(31)28-25-24(26(33)35-6-2)18-9-7-16(3)12-20(18)37-25/h1,8,10,13,16H,6-7,9,11-12,14-15H2,2-4H3,(H,28,31). The quantitative estimate of drug-likeness (QED) is 0.300. The molecule has 200 valence electrons. The summed E-state index contributed by atoms with van der Waals surface area (Å²) in [4.78, 5) is 43.9. The second kappa shape index (κ2) is 12.7. The summed E-state index contributed by atoms with van der Waals surface area (Å²) in [7, 11) is 1.59. The number of nitrogens with one attached hydrogen (secondary N) is 1. The Labute approximate surface area is 233 Å². The number of anilines is 1. The molecule has 2 amide bonds. The van der Waals surface area contributed by atoms with Gasteiger partial charge in [0, 0.05) is 4.88 Å². The van der Waals surface area contributed by atoms with E-state index in [9.17, 15) is 14.4 Å². The van der Waals surface area contributed by atoms with E-state index in [4.69, 9.17) is 15.9 Å². The number of hydrogen-bond acceptors (Lipinski definition) is 8.